The van der Waals surface area contributed by atoms with Crippen LogP contribution in [0.1, 0.15) is 33.2 Å². The molecule has 26 heavy (non-hydrogen) atoms. The minimum Gasteiger partial charge on any atom is -0.449 e. The molecule has 0 saturated carbocycles. The van der Waals surface area contributed by atoms with Crippen LogP contribution in [0.3, 0.4) is 0 Å². The second-order valence-electron chi connectivity index (χ2n) is 5.28. The van der Waals surface area contributed by atoms with Crippen LogP contribution in [0.5, 0.6) is 0 Å². The minimum atomic E-state index is -1.08. The van der Waals surface area contributed by atoms with Crippen LogP contribution in [0, 0.1) is 11.3 Å². The third-order valence-corrected chi connectivity index (χ3v) is 3.73. The molecule has 0 aliphatic carbocycles. The molecule has 0 saturated heterocycles. The third-order valence-electron chi connectivity index (χ3n) is 3.42. The summed E-state index contributed by atoms with van der Waals surface area (Å²) in [7, 11) is 0. The Morgan fingerprint density at radius 3 is 2.31 bits per heavy atom. The van der Waals surface area contributed by atoms with E-state index < -0.39 is 23.9 Å². The van der Waals surface area contributed by atoms with Gasteiger partial charge in [-0.05, 0) is 49.4 Å². The zero-order valence-electron chi connectivity index (χ0n) is 13.7. The molecule has 0 aliphatic rings. The van der Waals surface area contributed by atoms with E-state index in [0.29, 0.717) is 5.69 Å². The summed E-state index contributed by atoms with van der Waals surface area (Å²) in [5.41, 5.74) is 6.21. The maximum atomic E-state index is 12.1. The van der Waals surface area contributed by atoms with E-state index in [-0.39, 0.29) is 21.7 Å². The average molecular weight is 372 g/mol. The second kappa shape index (κ2) is 8.14. The average Bonchev–Trinajstić information content (AvgIpc) is 2.61. The van der Waals surface area contributed by atoms with Crippen molar-refractivity contribution in [2.75, 3.05) is 5.32 Å². The molecule has 2 rings (SSSR count). The minimum absolute atomic E-state index is 0.177. The lowest BCUT2D eigenvalue weighted by atomic mass is 10.1. The van der Waals surface area contributed by atoms with Gasteiger partial charge in [-0.2, -0.15) is 5.26 Å². The molecule has 0 radical (unpaired) electrons. The highest BCUT2D eigenvalue weighted by Gasteiger charge is 2.19. The number of benzene rings is 2. The van der Waals surface area contributed by atoms with Crippen LogP contribution in [0.2, 0.25) is 5.02 Å². The lowest BCUT2D eigenvalue weighted by molar-refractivity contribution is -0.123. The predicted molar refractivity (Wildman–Crippen MR) is 94.6 cm³/mol. The maximum absolute atomic E-state index is 12.1. The second-order valence-corrected chi connectivity index (χ2v) is 5.69. The quantitative estimate of drug-likeness (QED) is 0.782. The van der Waals surface area contributed by atoms with E-state index in [2.05, 4.69) is 5.32 Å². The van der Waals surface area contributed by atoms with E-state index in [0.717, 1.165) is 0 Å². The number of carbonyl (C=O) groups is 3. The zero-order valence-corrected chi connectivity index (χ0v) is 14.4. The Hall–Kier alpha value is -3.37. The summed E-state index contributed by atoms with van der Waals surface area (Å²) in [5.74, 6) is -1.90. The molecular formula is C18H14ClN3O4. The molecule has 1 atom stereocenters. The van der Waals surface area contributed by atoms with Gasteiger partial charge in [0.15, 0.2) is 6.10 Å². The number of nitrogens with two attached hydrogens (primary N) is 1. The summed E-state index contributed by atoms with van der Waals surface area (Å²) in [6.45, 7) is 1.41. The van der Waals surface area contributed by atoms with Crippen molar-refractivity contribution in [3.63, 3.8) is 0 Å². The monoisotopic (exact) mass is 371 g/mol. The maximum Gasteiger partial charge on any atom is 0.338 e. The molecule has 7 nitrogen and oxygen atoms in total. The topological polar surface area (TPSA) is 122 Å². The molecule has 132 valence electrons. The van der Waals surface area contributed by atoms with Gasteiger partial charge in [0.05, 0.1) is 16.1 Å². The highest BCUT2D eigenvalue weighted by atomic mass is 35.5. The Kier molecular flexibility index (Phi) is 5.94. The van der Waals surface area contributed by atoms with E-state index >= 15 is 0 Å². The third kappa shape index (κ3) is 4.59. The summed E-state index contributed by atoms with van der Waals surface area (Å²) in [6, 6.07) is 11.9. The van der Waals surface area contributed by atoms with E-state index in [4.69, 9.17) is 27.3 Å². The lowest BCUT2D eigenvalue weighted by Gasteiger charge is -2.14. The number of rotatable bonds is 5. The van der Waals surface area contributed by atoms with Crippen LogP contribution in [0.4, 0.5) is 5.69 Å². The summed E-state index contributed by atoms with van der Waals surface area (Å²) in [5, 5.41) is 11.6. The normalized spacial score (nSPS) is 11.1. The summed E-state index contributed by atoms with van der Waals surface area (Å²) in [6.07, 6.45) is -1.08. The first-order valence-electron chi connectivity index (χ1n) is 7.43. The number of amides is 2. The molecule has 0 bridgehead atoms. The first-order chi connectivity index (χ1) is 12.3. The fourth-order valence-corrected chi connectivity index (χ4v) is 2.20. The van der Waals surface area contributed by atoms with E-state index in [9.17, 15) is 14.4 Å². The molecule has 3 N–H and O–H groups in total. The van der Waals surface area contributed by atoms with Gasteiger partial charge in [-0.3, -0.25) is 9.59 Å². The zero-order chi connectivity index (χ0) is 19.3. The van der Waals surface area contributed by atoms with Crippen molar-refractivity contribution >= 4 is 35.1 Å². The Labute approximate surface area is 154 Å². The molecule has 1 unspecified atom stereocenters. The van der Waals surface area contributed by atoms with Gasteiger partial charge in [0.2, 0.25) is 5.91 Å². The fourth-order valence-electron chi connectivity index (χ4n) is 1.98. The van der Waals surface area contributed by atoms with Crippen LogP contribution < -0.4 is 11.1 Å². The molecule has 2 aromatic rings. The van der Waals surface area contributed by atoms with Gasteiger partial charge in [0.25, 0.3) is 5.91 Å². The predicted octanol–water partition coefficient (Wildman–Crippen LogP) is 2.49. The SMILES string of the molecule is CC(OC(=O)c1ccc(C(N)=O)cc1)C(=O)Nc1ccc(C#N)c(Cl)c1. The molecule has 0 aromatic heterocycles. The van der Waals surface area contributed by atoms with E-state index in [1.54, 1.807) is 0 Å². The molecule has 0 heterocycles. The van der Waals surface area contributed by atoms with Gasteiger partial charge in [0, 0.05) is 11.3 Å². The largest absolute Gasteiger partial charge is 0.449 e. The number of ether oxygens (including phenoxy) is 1. The highest BCUT2D eigenvalue weighted by molar-refractivity contribution is 6.32. The Morgan fingerprint density at radius 2 is 1.77 bits per heavy atom. The van der Waals surface area contributed by atoms with Crippen molar-refractivity contribution in [3.05, 3.63) is 64.2 Å². The summed E-state index contributed by atoms with van der Waals surface area (Å²) >= 11 is 5.90. The van der Waals surface area contributed by atoms with Crippen LogP contribution in [-0.4, -0.2) is 23.9 Å². The molecule has 2 amide bonds. The van der Waals surface area contributed by atoms with Gasteiger partial charge >= 0.3 is 5.97 Å². The number of carbonyl (C=O) groups excluding carboxylic acids is 3. The fraction of sp³-hybridized carbons (Fsp3) is 0.111. The number of esters is 1. The molecule has 0 fully saturated rings. The number of hydrogen-bond donors (Lipinski definition) is 2. The number of halogens is 1. The van der Waals surface area contributed by atoms with E-state index in [1.165, 1.54) is 49.4 Å². The van der Waals surface area contributed by atoms with Crippen molar-refractivity contribution in [3.8, 4) is 6.07 Å². The van der Waals surface area contributed by atoms with Crippen molar-refractivity contribution in [1.82, 2.24) is 0 Å². The van der Waals surface area contributed by atoms with Gasteiger partial charge in [-0.1, -0.05) is 11.6 Å². The van der Waals surface area contributed by atoms with Crippen LogP contribution in [0.15, 0.2) is 42.5 Å². The molecule has 0 aliphatic heterocycles. The highest BCUT2D eigenvalue weighted by Crippen LogP contribution is 2.20. The van der Waals surface area contributed by atoms with Crippen molar-refractivity contribution in [1.29, 1.82) is 5.26 Å². The molecular weight excluding hydrogens is 358 g/mol. The van der Waals surface area contributed by atoms with Crippen molar-refractivity contribution in [2.24, 2.45) is 5.73 Å². The van der Waals surface area contributed by atoms with Gasteiger partial charge in [-0.25, -0.2) is 4.79 Å². The number of primary amides is 1. The Balaban J connectivity index is 2.00. The van der Waals surface area contributed by atoms with Gasteiger partial charge in [-0.15, -0.1) is 0 Å². The standard InChI is InChI=1S/C18H14ClN3O4/c1-10(17(24)22-14-7-6-13(9-20)15(19)8-14)26-18(25)12-4-2-11(3-5-12)16(21)23/h2-8,10H,1H3,(H2,21,23)(H,22,24). The molecule has 8 heteroatoms. The number of anilines is 1. The van der Waals surface area contributed by atoms with Crippen LogP contribution >= 0.6 is 11.6 Å². The van der Waals surface area contributed by atoms with Crippen molar-refractivity contribution < 1.29 is 19.1 Å². The first-order valence-corrected chi connectivity index (χ1v) is 7.81. The molecule has 2 aromatic carbocycles. The van der Waals surface area contributed by atoms with Gasteiger partial charge in [0.1, 0.15) is 6.07 Å². The van der Waals surface area contributed by atoms with Crippen LogP contribution in [-0.2, 0) is 9.53 Å². The smallest absolute Gasteiger partial charge is 0.338 e. The number of nitrogens with zero attached hydrogens (tertiary/aromatic N) is 1. The van der Waals surface area contributed by atoms with Crippen molar-refractivity contribution in [2.45, 2.75) is 13.0 Å². The lowest BCUT2D eigenvalue weighted by Crippen LogP contribution is -2.30. The summed E-state index contributed by atoms with van der Waals surface area (Å²) < 4.78 is 5.09. The van der Waals surface area contributed by atoms with Gasteiger partial charge < -0.3 is 15.8 Å². The Morgan fingerprint density at radius 1 is 1.15 bits per heavy atom. The first kappa shape index (κ1) is 19.0. The number of hydrogen-bond acceptors (Lipinski definition) is 5. The number of nitriles is 1. The van der Waals surface area contributed by atoms with E-state index in [1.807, 2.05) is 6.07 Å². The number of nitrogens with one attached hydrogen (secondary N) is 1. The van der Waals surface area contributed by atoms with Crippen LogP contribution in [0.25, 0.3) is 0 Å². The summed E-state index contributed by atoms with van der Waals surface area (Å²) in [4.78, 5) is 35.2. The Bertz CT molecular complexity index is 904. The molecule has 0 spiro atoms.